The summed E-state index contributed by atoms with van der Waals surface area (Å²) >= 11 is 0. The molecule has 1 heteroatoms. The molecule has 0 N–H and O–H groups in total. The van der Waals surface area contributed by atoms with Crippen molar-refractivity contribution in [3.63, 3.8) is 0 Å². The highest BCUT2D eigenvalue weighted by Gasteiger charge is 2.03. The van der Waals surface area contributed by atoms with Crippen LogP contribution in [-0.2, 0) is 0 Å². The second-order valence-corrected chi connectivity index (χ2v) is 4.22. The molecule has 2 rings (SSSR count). The summed E-state index contributed by atoms with van der Waals surface area (Å²) < 4.78 is 13.2. The lowest BCUT2D eigenvalue weighted by molar-refractivity contribution is 0.619. The first-order chi connectivity index (χ1) is 7.56. The highest BCUT2D eigenvalue weighted by atomic mass is 19.1. The molecule has 0 fully saturated rings. The molecule has 2 aromatic carbocycles. The average molecular weight is 213 g/mol. The minimum atomic E-state index is -0.159. The molecule has 2 aromatic rings. The van der Waals surface area contributed by atoms with Gasteiger partial charge in [0.1, 0.15) is 5.82 Å². The van der Waals surface area contributed by atoms with E-state index >= 15 is 0 Å². The smallest absolute Gasteiger partial charge is 0.126 e. The third-order valence-corrected chi connectivity index (χ3v) is 2.62. The summed E-state index contributed by atoms with van der Waals surface area (Å²) in [5.41, 5.74) is 5.03. The lowest BCUT2D eigenvalue weighted by Crippen LogP contribution is -1.86. The van der Waals surface area contributed by atoms with Gasteiger partial charge in [0.15, 0.2) is 0 Å². The molecule has 0 saturated heterocycles. The zero-order chi connectivity index (χ0) is 11.7. The molecular formula is C15H14F. The topological polar surface area (TPSA) is 0 Å². The monoisotopic (exact) mass is 213 g/mol. The van der Waals surface area contributed by atoms with Gasteiger partial charge in [-0.15, -0.1) is 0 Å². The Labute approximate surface area is 95.7 Å². The molecule has 16 heavy (non-hydrogen) atoms. The van der Waals surface area contributed by atoms with Crippen LogP contribution in [0.15, 0.2) is 30.3 Å². The van der Waals surface area contributed by atoms with Gasteiger partial charge < -0.3 is 0 Å². The van der Waals surface area contributed by atoms with Gasteiger partial charge in [-0.05, 0) is 61.2 Å². The Kier molecular flexibility index (Phi) is 2.78. The highest BCUT2D eigenvalue weighted by molar-refractivity contribution is 5.65. The van der Waals surface area contributed by atoms with Crippen molar-refractivity contribution in [2.45, 2.75) is 20.8 Å². The van der Waals surface area contributed by atoms with E-state index in [1.54, 1.807) is 13.0 Å². The normalized spacial score (nSPS) is 10.5. The average Bonchev–Trinajstić information content (AvgIpc) is 2.20. The number of aryl methyl sites for hydroxylation is 3. The van der Waals surface area contributed by atoms with Gasteiger partial charge in [-0.2, -0.15) is 0 Å². The maximum Gasteiger partial charge on any atom is 0.126 e. The van der Waals surface area contributed by atoms with Crippen molar-refractivity contribution in [1.82, 2.24) is 0 Å². The van der Waals surface area contributed by atoms with Crippen molar-refractivity contribution >= 4 is 0 Å². The van der Waals surface area contributed by atoms with Crippen molar-refractivity contribution in [2.24, 2.45) is 0 Å². The standard InChI is InChI=1S/C15H14F/c1-10-6-11(2)8-14(7-10)13-4-5-15(16)12(3)9-13/h4-7,9H,1-3H3. The maximum atomic E-state index is 13.2. The predicted molar refractivity (Wildman–Crippen MR) is 64.9 cm³/mol. The third kappa shape index (κ3) is 2.13. The summed E-state index contributed by atoms with van der Waals surface area (Å²) in [7, 11) is 0. The van der Waals surface area contributed by atoms with E-state index in [-0.39, 0.29) is 5.82 Å². The Balaban J connectivity index is 2.54. The van der Waals surface area contributed by atoms with Crippen LogP contribution in [0.4, 0.5) is 4.39 Å². The van der Waals surface area contributed by atoms with Crippen LogP contribution in [0, 0.1) is 32.7 Å². The molecule has 0 unspecified atom stereocenters. The zero-order valence-electron chi connectivity index (χ0n) is 9.76. The molecule has 81 valence electrons. The number of halogens is 1. The van der Waals surface area contributed by atoms with Crippen LogP contribution in [0.2, 0.25) is 0 Å². The number of rotatable bonds is 1. The Bertz CT molecular complexity index is 507. The number of hydrogen-bond acceptors (Lipinski definition) is 0. The largest absolute Gasteiger partial charge is 0.207 e. The summed E-state index contributed by atoms with van der Waals surface area (Å²) in [6.45, 7) is 5.86. The molecule has 0 aromatic heterocycles. The zero-order valence-corrected chi connectivity index (χ0v) is 9.76. The van der Waals surface area contributed by atoms with Crippen LogP contribution in [0.3, 0.4) is 0 Å². The molecule has 0 amide bonds. The van der Waals surface area contributed by atoms with E-state index < -0.39 is 0 Å². The first-order valence-electron chi connectivity index (χ1n) is 5.33. The Morgan fingerprint density at radius 1 is 1.00 bits per heavy atom. The molecule has 0 saturated carbocycles. The van der Waals surface area contributed by atoms with E-state index in [4.69, 9.17) is 0 Å². The maximum absolute atomic E-state index is 13.2. The number of hydrogen-bond donors (Lipinski definition) is 0. The second-order valence-electron chi connectivity index (χ2n) is 4.22. The van der Waals surface area contributed by atoms with E-state index in [0.29, 0.717) is 5.56 Å². The van der Waals surface area contributed by atoms with Gasteiger partial charge in [0.25, 0.3) is 0 Å². The fourth-order valence-corrected chi connectivity index (χ4v) is 1.86. The third-order valence-electron chi connectivity index (χ3n) is 2.62. The van der Waals surface area contributed by atoms with Crippen molar-refractivity contribution in [3.05, 3.63) is 58.9 Å². The molecule has 1 radical (unpaired) electrons. The molecular weight excluding hydrogens is 199 g/mol. The SMILES string of the molecule is Cc1[c]c(-c2ccc(F)c(C)c2)cc(C)c1. The minimum absolute atomic E-state index is 0.159. The lowest BCUT2D eigenvalue weighted by atomic mass is 9.99. The van der Waals surface area contributed by atoms with E-state index in [1.807, 2.05) is 13.0 Å². The van der Waals surface area contributed by atoms with E-state index in [9.17, 15) is 4.39 Å². The van der Waals surface area contributed by atoms with Gasteiger partial charge >= 0.3 is 0 Å². The molecule has 0 aliphatic rings. The van der Waals surface area contributed by atoms with Crippen LogP contribution in [0.1, 0.15) is 16.7 Å². The van der Waals surface area contributed by atoms with Gasteiger partial charge in [-0.25, -0.2) is 4.39 Å². The van der Waals surface area contributed by atoms with Crippen molar-refractivity contribution in [1.29, 1.82) is 0 Å². The van der Waals surface area contributed by atoms with Crippen molar-refractivity contribution in [2.75, 3.05) is 0 Å². The first kappa shape index (κ1) is 10.9. The molecule has 0 spiro atoms. The molecule has 0 heterocycles. The first-order valence-corrected chi connectivity index (χ1v) is 5.33. The second kappa shape index (κ2) is 4.09. The predicted octanol–water partition coefficient (Wildman–Crippen LogP) is 4.22. The highest BCUT2D eigenvalue weighted by Crippen LogP contribution is 2.23. The van der Waals surface area contributed by atoms with Crippen LogP contribution < -0.4 is 0 Å². The van der Waals surface area contributed by atoms with E-state index in [2.05, 4.69) is 25.1 Å². The fourth-order valence-electron chi connectivity index (χ4n) is 1.86. The molecule has 0 bridgehead atoms. The van der Waals surface area contributed by atoms with Gasteiger partial charge in [-0.3, -0.25) is 0 Å². The molecule has 0 aliphatic heterocycles. The summed E-state index contributed by atoms with van der Waals surface area (Å²) in [6.07, 6.45) is 0. The van der Waals surface area contributed by atoms with Gasteiger partial charge in [-0.1, -0.05) is 23.8 Å². The van der Waals surface area contributed by atoms with Gasteiger partial charge in [0, 0.05) is 0 Å². The summed E-state index contributed by atoms with van der Waals surface area (Å²) in [5.74, 6) is -0.159. The van der Waals surface area contributed by atoms with Crippen LogP contribution in [0.25, 0.3) is 11.1 Å². The van der Waals surface area contributed by atoms with E-state index in [1.165, 1.54) is 11.6 Å². The van der Waals surface area contributed by atoms with Crippen LogP contribution >= 0.6 is 0 Å². The molecule has 0 nitrogen and oxygen atoms in total. The van der Waals surface area contributed by atoms with Crippen molar-refractivity contribution in [3.8, 4) is 11.1 Å². The van der Waals surface area contributed by atoms with Gasteiger partial charge in [0.05, 0.1) is 0 Å². The van der Waals surface area contributed by atoms with Gasteiger partial charge in [0.2, 0.25) is 0 Å². The van der Waals surface area contributed by atoms with E-state index in [0.717, 1.165) is 16.7 Å². The Morgan fingerprint density at radius 3 is 2.38 bits per heavy atom. The number of benzene rings is 2. The summed E-state index contributed by atoms with van der Waals surface area (Å²) in [6, 6.07) is 12.6. The minimum Gasteiger partial charge on any atom is -0.207 e. The quantitative estimate of drug-likeness (QED) is 0.665. The van der Waals surface area contributed by atoms with Crippen LogP contribution in [-0.4, -0.2) is 0 Å². The fraction of sp³-hybridized carbons (Fsp3) is 0.200. The lowest BCUT2D eigenvalue weighted by Gasteiger charge is -2.06. The molecule has 0 aliphatic carbocycles. The molecule has 0 atom stereocenters. The summed E-state index contributed by atoms with van der Waals surface area (Å²) in [4.78, 5) is 0. The Hall–Kier alpha value is -1.63. The van der Waals surface area contributed by atoms with Crippen LogP contribution in [0.5, 0.6) is 0 Å². The Morgan fingerprint density at radius 2 is 1.75 bits per heavy atom. The van der Waals surface area contributed by atoms with Crippen molar-refractivity contribution < 1.29 is 4.39 Å². The summed E-state index contributed by atoms with van der Waals surface area (Å²) in [5, 5.41) is 0.